The molecule has 2 heterocycles. The summed E-state index contributed by atoms with van der Waals surface area (Å²) in [7, 11) is -4.44. The summed E-state index contributed by atoms with van der Waals surface area (Å²) in [4.78, 5) is 37.3. The molecule has 0 saturated carbocycles. The number of aromatic amines is 1. The number of aliphatic carboxylic acids is 1. The zero-order chi connectivity index (χ0) is 26.0. The molecule has 5 N–H and O–H groups in total. The molecular weight excluding hydrogens is 485 g/mol. The second-order valence-electron chi connectivity index (χ2n) is 7.82. The molecule has 14 heteroatoms. The number of hydrogen-bond acceptors (Lipinski definition) is 9. The van der Waals surface area contributed by atoms with Crippen molar-refractivity contribution in [1.29, 1.82) is 0 Å². The van der Waals surface area contributed by atoms with E-state index in [2.05, 4.69) is 11.0 Å². The summed E-state index contributed by atoms with van der Waals surface area (Å²) in [5.74, 6) is 0.881. The van der Waals surface area contributed by atoms with E-state index in [0.717, 1.165) is 10.8 Å². The van der Waals surface area contributed by atoms with Gasteiger partial charge in [-0.15, -0.1) is 6.42 Å². The fourth-order valence-corrected chi connectivity index (χ4v) is 4.77. The average molecular weight is 509 g/mol. The first-order valence-electron chi connectivity index (χ1n) is 10.2. The van der Waals surface area contributed by atoms with Gasteiger partial charge in [0.05, 0.1) is 0 Å². The normalized spacial score (nSPS) is 26.4. The third-order valence-electron chi connectivity index (χ3n) is 5.23. The summed E-state index contributed by atoms with van der Waals surface area (Å²) in [5.41, 5.74) is -3.58. The fourth-order valence-electron chi connectivity index (χ4n) is 3.25. The summed E-state index contributed by atoms with van der Waals surface area (Å²) >= 11 is 0. The highest BCUT2D eigenvalue weighted by molar-refractivity contribution is 7.52. The number of carboxylic acids is 1. The predicted molar refractivity (Wildman–Crippen MR) is 121 cm³/mol. The number of nitrogens with one attached hydrogen (secondary N) is 2. The molecule has 1 aliphatic heterocycles. The highest BCUT2D eigenvalue weighted by Crippen LogP contribution is 2.47. The van der Waals surface area contributed by atoms with Gasteiger partial charge in [-0.1, -0.05) is 24.1 Å². The van der Waals surface area contributed by atoms with Crippen LogP contribution >= 0.6 is 7.75 Å². The molecule has 1 fully saturated rings. The van der Waals surface area contributed by atoms with E-state index in [1.807, 2.05) is 4.98 Å². The van der Waals surface area contributed by atoms with Crippen molar-refractivity contribution in [1.82, 2.24) is 14.6 Å². The minimum atomic E-state index is -4.44. The van der Waals surface area contributed by atoms with Crippen LogP contribution in [0.3, 0.4) is 0 Å². The number of carboxylic acid groups (broad SMARTS) is 1. The van der Waals surface area contributed by atoms with Crippen molar-refractivity contribution in [2.45, 2.75) is 43.9 Å². The Morgan fingerprint density at radius 2 is 2.03 bits per heavy atom. The Morgan fingerprint density at radius 1 is 1.37 bits per heavy atom. The van der Waals surface area contributed by atoms with Crippen molar-refractivity contribution in [3.05, 3.63) is 62.9 Å². The summed E-state index contributed by atoms with van der Waals surface area (Å²) in [5, 5.41) is 32.7. The highest BCUT2D eigenvalue weighted by Gasteiger charge is 2.56. The molecule has 6 atom stereocenters. The summed E-state index contributed by atoms with van der Waals surface area (Å²) in [6, 6.07) is 6.36. The van der Waals surface area contributed by atoms with Crippen LogP contribution in [0.15, 0.2) is 46.1 Å². The van der Waals surface area contributed by atoms with Crippen molar-refractivity contribution in [3.63, 3.8) is 0 Å². The molecule has 1 aliphatic rings. The van der Waals surface area contributed by atoms with Crippen LogP contribution < -0.4 is 20.9 Å². The van der Waals surface area contributed by atoms with Crippen LogP contribution in [0.2, 0.25) is 0 Å². The Labute approximate surface area is 198 Å². The van der Waals surface area contributed by atoms with Crippen LogP contribution in [-0.2, 0) is 18.6 Å². The second-order valence-corrected chi connectivity index (χ2v) is 9.51. The largest absolute Gasteiger partial charge is 0.480 e. The number of nitrogens with zero attached hydrogens (tertiary/aromatic N) is 1. The van der Waals surface area contributed by atoms with E-state index in [9.17, 15) is 34.3 Å². The Balaban J connectivity index is 1.90. The van der Waals surface area contributed by atoms with E-state index in [0.29, 0.717) is 0 Å². The standard InChI is InChI=1S/C21H24N3O10P/c1-4-21(16(26)15(25)18(33-21)24-10-12(2)17(27)22-20(24)30)11-32-35(31,23-13(3)19(28)29)34-14-8-6-5-7-9-14/h1,5-10,13,15-16,18,25-26H,11H2,2-3H3,(H,23,31)(H,28,29)(H,22,27,30)/t13?,15-,16+,18-,21-,35?/m1/s1. The number of rotatable bonds is 9. The molecule has 188 valence electrons. The number of benzene rings is 1. The van der Waals surface area contributed by atoms with E-state index >= 15 is 0 Å². The van der Waals surface area contributed by atoms with Crippen LogP contribution in [0.4, 0.5) is 0 Å². The molecule has 2 unspecified atom stereocenters. The van der Waals surface area contributed by atoms with Gasteiger partial charge in [-0.3, -0.25) is 23.7 Å². The molecule has 1 aromatic carbocycles. The molecule has 0 bridgehead atoms. The third kappa shape index (κ3) is 5.54. The Kier molecular flexibility index (Phi) is 7.66. The summed E-state index contributed by atoms with van der Waals surface area (Å²) in [6.45, 7) is 1.78. The molecule has 0 amide bonds. The lowest BCUT2D eigenvalue weighted by Crippen LogP contribution is -2.46. The molecule has 0 spiro atoms. The van der Waals surface area contributed by atoms with E-state index in [1.54, 1.807) is 18.2 Å². The van der Waals surface area contributed by atoms with Gasteiger partial charge in [-0.25, -0.2) is 9.36 Å². The van der Waals surface area contributed by atoms with Gasteiger partial charge in [0.2, 0.25) is 0 Å². The number of hydrogen-bond donors (Lipinski definition) is 5. The maximum atomic E-state index is 13.4. The minimum Gasteiger partial charge on any atom is -0.480 e. The van der Waals surface area contributed by atoms with E-state index in [4.69, 9.17) is 20.2 Å². The molecule has 2 aromatic rings. The number of H-pyrrole nitrogens is 1. The molecule has 13 nitrogen and oxygen atoms in total. The van der Waals surface area contributed by atoms with Crippen LogP contribution in [0.1, 0.15) is 18.7 Å². The first kappa shape index (κ1) is 26.4. The minimum absolute atomic E-state index is 0.0803. The van der Waals surface area contributed by atoms with Gasteiger partial charge in [0.15, 0.2) is 11.8 Å². The number of aromatic nitrogens is 2. The van der Waals surface area contributed by atoms with Gasteiger partial charge in [0.25, 0.3) is 5.56 Å². The number of aliphatic hydroxyl groups excluding tert-OH is 2. The number of para-hydroxylation sites is 1. The van der Waals surface area contributed by atoms with Crippen LogP contribution in [0.5, 0.6) is 5.75 Å². The zero-order valence-corrected chi connectivity index (χ0v) is 19.5. The van der Waals surface area contributed by atoms with Gasteiger partial charge < -0.3 is 24.6 Å². The molecular formula is C21H24N3O10P. The lowest BCUT2D eigenvalue weighted by molar-refractivity contribution is -0.138. The second kappa shape index (κ2) is 10.2. The smallest absolute Gasteiger partial charge is 0.459 e. The lowest BCUT2D eigenvalue weighted by Gasteiger charge is -2.29. The van der Waals surface area contributed by atoms with Crippen molar-refractivity contribution in [2.75, 3.05) is 6.61 Å². The van der Waals surface area contributed by atoms with Gasteiger partial charge in [0, 0.05) is 11.8 Å². The van der Waals surface area contributed by atoms with E-state index in [1.165, 1.54) is 26.0 Å². The molecule has 0 radical (unpaired) electrons. The Morgan fingerprint density at radius 3 is 2.63 bits per heavy atom. The van der Waals surface area contributed by atoms with Gasteiger partial charge in [0.1, 0.15) is 30.6 Å². The van der Waals surface area contributed by atoms with Crippen LogP contribution in [-0.4, -0.2) is 61.3 Å². The average Bonchev–Trinajstić information content (AvgIpc) is 3.06. The quantitative estimate of drug-likeness (QED) is 0.221. The summed E-state index contributed by atoms with van der Waals surface area (Å²) < 4.78 is 30.7. The maximum absolute atomic E-state index is 13.4. The van der Waals surface area contributed by atoms with Gasteiger partial charge >= 0.3 is 19.4 Å². The fraction of sp³-hybridized carbons (Fsp3) is 0.381. The SMILES string of the molecule is C#C[C@]1(COP(=O)(NC(C)C(=O)O)Oc2ccccc2)O[C@@H](n2cc(C)c(=O)[nH]c2=O)[C@H](O)[C@@H]1O. The number of aliphatic hydroxyl groups is 2. The number of terminal acetylenes is 1. The first-order chi connectivity index (χ1) is 16.4. The maximum Gasteiger partial charge on any atom is 0.459 e. The van der Waals surface area contributed by atoms with Crippen molar-refractivity contribution in [3.8, 4) is 18.1 Å². The lowest BCUT2D eigenvalue weighted by atomic mass is 9.97. The van der Waals surface area contributed by atoms with Crippen molar-refractivity contribution < 1.29 is 38.5 Å². The van der Waals surface area contributed by atoms with E-state index < -0.39 is 61.7 Å². The van der Waals surface area contributed by atoms with Gasteiger partial charge in [-0.2, -0.15) is 5.09 Å². The number of aryl methyl sites for hydroxylation is 1. The van der Waals surface area contributed by atoms with Crippen molar-refractivity contribution in [2.24, 2.45) is 0 Å². The molecule has 0 aliphatic carbocycles. The van der Waals surface area contributed by atoms with Gasteiger partial charge in [-0.05, 0) is 26.0 Å². The molecule has 1 aromatic heterocycles. The number of ether oxygens (including phenoxy) is 1. The number of carbonyl (C=O) groups is 1. The zero-order valence-electron chi connectivity index (χ0n) is 18.7. The molecule has 3 rings (SSSR count). The Hall–Kier alpha value is -3.24. The van der Waals surface area contributed by atoms with Crippen molar-refractivity contribution >= 4 is 13.7 Å². The molecule has 1 saturated heterocycles. The monoisotopic (exact) mass is 509 g/mol. The highest BCUT2D eigenvalue weighted by atomic mass is 31.2. The topological polar surface area (TPSA) is 189 Å². The molecule has 35 heavy (non-hydrogen) atoms. The Bertz CT molecular complexity index is 1290. The first-order valence-corrected chi connectivity index (χ1v) is 11.8. The van der Waals surface area contributed by atoms with Crippen LogP contribution in [0, 0.1) is 19.3 Å². The van der Waals surface area contributed by atoms with Crippen LogP contribution in [0.25, 0.3) is 0 Å². The third-order valence-corrected chi connectivity index (χ3v) is 6.85. The summed E-state index contributed by atoms with van der Waals surface area (Å²) in [6.07, 6.45) is 1.57. The van der Waals surface area contributed by atoms with E-state index in [-0.39, 0.29) is 11.3 Å². The predicted octanol–water partition coefficient (Wildman–Crippen LogP) is -0.266.